The van der Waals surface area contributed by atoms with Gasteiger partial charge in [0.2, 0.25) is 0 Å². The Morgan fingerprint density at radius 2 is 1.81 bits per heavy atom. The number of nitriles is 1. The third-order valence-corrected chi connectivity index (χ3v) is 9.54. The molecule has 1 unspecified atom stereocenters. The number of aryl methyl sites for hydroxylation is 1. The summed E-state index contributed by atoms with van der Waals surface area (Å²) in [7, 11) is 0.179. The van der Waals surface area contributed by atoms with Gasteiger partial charge >= 0.3 is 6.09 Å². The molecular weight excluding hydrogens is 556 g/mol. The third-order valence-electron chi connectivity index (χ3n) is 7.83. The van der Waals surface area contributed by atoms with Crippen molar-refractivity contribution in [1.29, 1.82) is 5.26 Å². The summed E-state index contributed by atoms with van der Waals surface area (Å²) in [6.45, 7) is 2.28. The van der Waals surface area contributed by atoms with Crippen LogP contribution in [0.3, 0.4) is 0 Å². The van der Waals surface area contributed by atoms with Crippen molar-refractivity contribution in [2.24, 2.45) is 0 Å². The third kappa shape index (κ3) is 4.47. The number of hydrogen-bond acceptors (Lipinski definition) is 8. The highest BCUT2D eigenvalue weighted by Gasteiger charge is 2.62. The van der Waals surface area contributed by atoms with Crippen molar-refractivity contribution in [2.75, 3.05) is 32.1 Å². The van der Waals surface area contributed by atoms with E-state index in [2.05, 4.69) is 6.07 Å². The average Bonchev–Trinajstić information content (AvgIpc) is 3.56. The van der Waals surface area contributed by atoms with Crippen molar-refractivity contribution in [2.45, 2.75) is 42.8 Å². The molecule has 3 aromatic rings. The summed E-state index contributed by atoms with van der Waals surface area (Å²) in [5.41, 5.74) is 0.186. The Balaban J connectivity index is 1.82. The number of carbonyl (C=O) groups excluding carboxylic acids is 2. The van der Waals surface area contributed by atoms with E-state index in [-0.39, 0.29) is 21.7 Å². The van der Waals surface area contributed by atoms with Crippen LogP contribution in [0, 0.1) is 11.3 Å². The Labute approximate surface area is 245 Å². The van der Waals surface area contributed by atoms with Gasteiger partial charge in [-0.05, 0) is 61.2 Å². The monoisotopic (exact) mass is 588 g/mol. The van der Waals surface area contributed by atoms with Gasteiger partial charge in [0.15, 0.2) is 11.8 Å². The standard InChI is InChI=1S/C31H32N4O6S/c1-5-21-12-15-23(16-13-21)42(38,39)35-26-17-14-22(20-32)19-25(26)31(29(35)36,24-9-6-7-10-27(24)40-4)34-18-8-11-28(34)41-30(37)33(2)3/h6-7,9-10,12-17,19,28H,5,8,11,18H2,1-4H3/t28-,31?/m0/s1. The highest BCUT2D eigenvalue weighted by molar-refractivity contribution is 7.93. The number of methoxy groups -OCH3 is 1. The lowest BCUT2D eigenvalue weighted by molar-refractivity contribution is -0.132. The van der Waals surface area contributed by atoms with Gasteiger partial charge in [-0.1, -0.05) is 37.3 Å². The van der Waals surface area contributed by atoms with Gasteiger partial charge in [-0.25, -0.2) is 22.4 Å². The highest BCUT2D eigenvalue weighted by atomic mass is 32.2. The van der Waals surface area contributed by atoms with Crippen LogP contribution in [0.2, 0.25) is 0 Å². The molecule has 10 nitrogen and oxygen atoms in total. The van der Waals surface area contributed by atoms with Crippen LogP contribution in [-0.4, -0.2) is 64.2 Å². The molecule has 2 aliphatic heterocycles. The number of amides is 2. The zero-order valence-electron chi connectivity index (χ0n) is 23.9. The van der Waals surface area contributed by atoms with E-state index >= 15 is 4.79 Å². The fourth-order valence-corrected chi connectivity index (χ4v) is 7.24. The van der Waals surface area contributed by atoms with Gasteiger partial charge in [0, 0.05) is 31.8 Å². The van der Waals surface area contributed by atoms with Crippen LogP contribution >= 0.6 is 0 Å². The first kappa shape index (κ1) is 29.1. The quantitative estimate of drug-likeness (QED) is 0.402. The Morgan fingerprint density at radius 1 is 1.10 bits per heavy atom. The number of anilines is 1. The zero-order chi connectivity index (χ0) is 30.2. The smallest absolute Gasteiger partial charge is 0.410 e. The number of hydrogen-bond donors (Lipinski definition) is 0. The van der Waals surface area contributed by atoms with Crippen molar-refractivity contribution in [3.05, 3.63) is 89.0 Å². The summed E-state index contributed by atoms with van der Waals surface area (Å²) in [6, 6.07) is 19.9. The van der Waals surface area contributed by atoms with Gasteiger partial charge in [0.25, 0.3) is 15.9 Å². The molecule has 0 aliphatic carbocycles. The fraction of sp³-hybridized carbons (Fsp3) is 0.323. The minimum Gasteiger partial charge on any atom is -0.496 e. The molecule has 11 heteroatoms. The topological polar surface area (TPSA) is 120 Å². The maximum absolute atomic E-state index is 15.1. The first-order chi connectivity index (χ1) is 20.1. The Morgan fingerprint density at radius 3 is 2.45 bits per heavy atom. The molecule has 5 rings (SSSR count). The van der Waals surface area contributed by atoms with Crippen LogP contribution in [0.5, 0.6) is 5.75 Å². The predicted octanol–water partition coefficient (Wildman–Crippen LogP) is 4.23. The van der Waals surface area contributed by atoms with Gasteiger partial charge in [-0.15, -0.1) is 0 Å². The minimum absolute atomic E-state index is 0.0452. The van der Waals surface area contributed by atoms with Crippen LogP contribution in [-0.2, 0) is 31.5 Å². The molecule has 2 amide bonds. The molecule has 0 spiro atoms. The second-order valence-corrected chi connectivity index (χ2v) is 12.2. The molecule has 0 N–H and O–H groups in total. The summed E-state index contributed by atoms with van der Waals surface area (Å²) in [4.78, 5) is 30.8. The molecule has 218 valence electrons. The summed E-state index contributed by atoms with van der Waals surface area (Å²) < 4.78 is 41.0. The molecule has 0 bridgehead atoms. The van der Waals surface area contributed by atoms with E-state index in [0.717, 1.165) is 16.3 Å². The Bertz CT molecular complexity index is 1680. The van der Waals surface area contributed by atoms with E-state index in [4.69, 9.17) is 9.47 Å². The Kier molecular flexibility index (Phi) is 7.70. The van der Waals surface area contributed by atoms with Gasteiger partial charge in [-0.2, -0.15) is 5.26 Å². The molecule has 0 aromatic heterocycles. The fourth-order valence-electron chi connectivity index (χ4n) is 5.79. The SMILES string of the molecule is CCc1ccc(S(=O)(=O)N2C(=O)C(c3ccccc3OC)(N3CCC[C@@H]3OC(=O)N(C)C)c3cc(C#N)ccc32)cc1. The zero-order valence-corrected chi connectivity index (χ0v) is 24.7. The van der Waals surface area contributed by atoms with Gasteiger partial charge in [0.05, 0.1) is 29.3 Å². The van der Waals surface area contributed by atoms with E-state index < -0.39 is 33.8 Å². The lowest BCUT2D eigenvalue weighted by atomic mass is 9.81. The summed E-state index contributed by atoms with van der Waals surface area (Å²) in [5.74, 6) is -0.431. The van der Waals surface area contributed by atoms with Crippen molar-refractivity contribution in [1.82, 2.24) is 9.80 Å². The molecule has 2 heterocycles. The number of ether oxygens (including phenoxy) is 2. The number of para-hydroxylation sites is 1. The van der Waals surface area contributed by atoms with Crippen molar-refractivity contribution in [3.8, 4) is 11.8 Å². The van der Waals surface area contributed by atoms with E-state index in [1.807, 2.05) is 6.92 Å². The van der Waals surface area contributed by atoms with Crippen molar-refractivity contribution in [3.63, 3.8) is 0 Å². The summed E-state index contributed by atoms with van der Waals surface area (Å²) in [5, 5.41) is 9.85. The number of likely N-dealkylation sites (tertiary alicyclic amines) is 1. The number of nitrogens with zero attached hydrogens (tertiary/aromatic N) is 4. The maximum Gasteiger partial charge on any atom is 0.410 e. The van der Waals surface area contributed by atoms with Gasteiger partial charge in [0.1, 0.15) is 5.75 Å². The molecule has 2 aliphatic rings. The van der Waals surface area contributed by atoms with Crippen LogP contribution in [0.1, 0.15) is 42.0 Å². The molecule has 0 saturated carbocycles. The van der Waals surface area contributed by atoms with Crippen LogP contribution < -0.4 is 9.04 Å². The van der Waals surface area contributed by atoms with Crippen LogP contribution in [0.25, 0.3) is 0 Å². The predicted molar refractivity (Wildman–Crippen MR) is 155 cm³/mol. The average molecular weight is 589 g/mol. The first-order valence-corrected chi connectivity index (χ1v) is 15.1. The summed E-state index contributed by atoms with van der Waals surface area (Å²) in [6.07, 6.45) is 0.260. The summed E-state index contributed by atoms with van der Waals surface area (Å²) >= 11 is 0. The number of rotatable bonds is 7. The molecule has 2 atom stereocenters. The molecule has 3 aromatic carbocycles. The lowest BCUT2D eigenvalue weighted by Gasteiger charge is -2.41. The normalized spacial score (nSPS) is 20.2. The van der Waals surface area contributed by atoms with Gasteiger partial charge in [-0.3, -0.25) is 4.79 Å². The second-order valence-electron chi connectivity index (χ2n) is 10.4. The molecule has 42 heavy (non-hydrogen) atoms. The molecule has 1 saturated heterocycles. The van der Waals surface area contributed by atoms with Crippen molar-refractivity contribution >= 4 is 27.7 Å². The van der Waals surface area contributed by atoms with E-state index in [0.29, 0.717) is 30.7 Å². The number of sulfonamides is 1. The Hall–Kier alpha value is -4.40. The van der Waals surface area contributed by atoms with Crippen molar-refractivity contribution < 1.29 is 27.5 Å². The number of carbonyl (C=O) groups is 2. The lowest BCUT2D eigenvalue weighted by Crippen LogP contribution is -2.57. The van der Waals surface area contributed by atoms with Crippen LogP contribution in [0.15, 0.2) is 71.6 Å². The maximum atomic E-state index is 15.1. The molecular formula is C31H32N4O6S. The second kappa shape index (κ2) is 11.1. The largest absolute Gasteiger partial charge is 0.496 e. The van der Waals surface area contributed by atoms with Gasteiger partial charge < -0.3 is 14.4 Å². The first-order valence-electron chi connectivity index (χ1n) is 13.6. The molecule has 1 fully saturated rings. The van der Waals surface area contributed by atoms with Crippen LogP contribution in [0.4, 0.5) is 10.5 Å². The molecule has 0 radical (unpaired) electrons. The van der Waals surface area contributed by atoms with E-state index in [9.17, 15) is 18.5 Å². The minimum atomic E-state index is -4.41. The van der Waals surface area contributed by atoms with E-state index in [1.54, 1.807) is 61.5 Å². The number of benzene rings is 3. The van der Waals surface area contributed by atoms with E-state index in [1.165, 1.54) is 36.3 Å². The highest BCUT2D eigenvalue weighted by Crippen LogP contribution is 2.54. The number of fused-ring (bicyclic) bond motifs is 1.